The van der Waals surface area contributed by atoms with Crippen molar-refractivity contribution in [2.45, 2.75) is 13.5 Å². The summed E-state index contributed by atoms with van der Waals surface area (Å²) in [5.41, 5.74) is 3.50. The van der Waals surface area contributed by atoms with Crippen molar-refractivity contribution in [1.29, 1.82) is 0 Å². The lowest BCUT2D eigenvalue weighted by atomic mass is 10.2. The van der Waals surface area contributed by atoms with Crippen molar-refractivity contribution < 1.29 is 4.74 Å². The summed E-state index contributed by atoms with van der Waals surface area (Å²) < 4.78 is 7.01. The zero-order valence-corrected chi connectivity index (χ0v) is 14.9. The van der Waals surface area contributed by atoms with Gasteiger partial charge in [-0.25, -0.2) is 14.6 Å². The molecule has 0 spiro atoms. The number of benzene rings is 1. The molecule has 0 aliphatic rings. The monoisotopic (exact) mass is 359 g/mol. The van der Waals surface area contributed by atoms with E-state index in [0.717, 1.165) is 28.1 Å². The van der Waals surface area contributed by atoms with Gasteiger partial charge < -0.3 is 4.74 Å². The highest BCUT2D eigenvalue weighted by molar-refractivity contribution is 5.85. The first-order valence-electron chi connectivity index (χ1n) is 8.37. The molecule has 0 radical (unpaired) electrons. The quantitative estimate of drug-likeness (QED) is 0.505. The number of hydrogen-bond acceptors (Lipinski definition) is 7. The predicted molar refractivity (Wildman–Crippen MR) is 100 cm³/mol. The van der Waals surface area contributed by atoms with Crippen LogP contribution in [0.1, 0.15) is 11.3 Å². The summed E-state index contributed by atoms with van der Waals surface area (Å²) >= 11 is 0. The zero-order chi connectivity index (χ0) is 18.6. The fourth-order valence-electron chi connectivity index (χ4n) is 2.73. The highest BCUT2D eigenvalue weighted by atomic mass is 16.5. The van der Waals surface area contributed by atoms with Crippen LogP contribution < -0.4 is 4.74 Å². The molecule has 0 atom stereocenters. The minimum atomic E-state index is 0.457. The van der Waals surface area contributed by atoms with Gasteiger partial charge in [0.05, 0.1) is 30.9 Å². The van der Waals surface area contributed by atoms with Gasteiger partial charge >= 0.3 is 0 Å². The van der Waals surface area contributed by atoms with E-state index in [2.05, 4.69) is 30.3 Å². The Labute approximate surface area is 155 Å². The fourth-order valence-corrected chi connectivity index (χ4v) is 2.73. The standard InChI is InChI=1S/C19H17N7O/c1-13-8-14(6-7-20-13)10-23-25-18-17-11-24-26(19(17)22-12-21-18)15-4-3-5-16(9-15)27-2/h3-9,11-12H,10H2,1-2H3. The molecule has 3 aromatic heterocycles. The number of pyridine rings is 1. The summed E-state index contributed by atoms with van der Waals surface area (Å²) in [7, 11) is 1.63. The fraction of sp³-hybridized carbons (Fsp3) is 0.158. The molecule has 8 heteroatoms. The molecule has 0 bridgehead atoms. The molecule has 0 aliphatic carbocycles. The lowest BCUT2D eigenvalue weighted by Crippen LogP contribution is -1.98. The molecular weight excluding hydrogens is 342 g/mol. The molecule has 1 aromatic carbocycles. The Balaban J connectivity index is 1.65. The van der Waals surface area contributed by atoms with Gasteiger partial charge in [0, 0.05) is 18.0 Å². The van der Waals surface area contributed by atoms with Crippen LogP contribution in [0.3, 0.4) is 0 Å². The largest absolute Gasteiger partial charge is 0.497 e. The number of aryl methyl sites for hydroxylation is 1. The van der Waals surface area contributed by atoms with Gasteiger partial charge in [-0.15, -0.1) is 5.11 Å². The Bertz CT molecular complexity index is 1120. The smallest absolute Gasteiger partial charge is 0.188 e. The van der Waals surface area contributed by atoms with Crippen molar-refractivity contribution >= 4 is 16.9 Å². The molecule has 0 saturated carbocycles. The third-order valence-corrected chi connectivity index (χ3v) is 4.02. The normalized spacial score (nSPS) is 11.3. The number of azo groups is 1. The van der Waals surface area contributed by atoms with E-state index in [9.17, 15) is 0 Å². The maximum absolute atomic E-state index is 5.28. The number of methoxy groups -OCH3 is 1. The Hall–Kier alpha value is -3.68. The first kappa shape index (κ1) is 16.8. The van der Waals surface area contributed by atoms with E-state index in [0.29, 0.717) is 18.0 Å². The molecule has 0 aliphatic heterocycles. The molecule has 0 fully saturated rings. The zero-order valence-electron chi connectivity index (χ0n) is 14.9. The van der Waals surface area contributed by atoms with Crippen LogP contribution in [0.2, 0.25) is 0 Å². The van der Waals surface area contributed by atoms with E-state index in [1.807, 2.05) is 43.3 Å². The van der Waals surface area contributed by atoms with E-state index in [1.54, 1.807) is 24.2 Å². The minimum Gasteiger partial charge on any atom is -0.497 e. The van der Waals surface area contributed by atoms with Crippen LogP contribution >= 0.6 is 0 Å². The molecule has 27 heavy (non-hydrogen) atoms. The Kier molecular flexibility index (Phi) is 4.52. The van der Waals surface area contributed by atoms with Crippen LogP contribution in [0.25, 0.3) is 16.7 Å². The average molecular weight is 359 g/mol. The van der Waals surface area contributed by atoms with Crippen LogP contribution in [-0.4, -0.2) is 31.8 Å². The van der Waals surface area contributed by atoms with Crippen molar-refractivity contribution in [3.8, 4) is 11.4 Å². The summed E-state index contributed by atoms with van der Waals surface area (Å²) in [5, 5.41) is 13.7. The Morgan fingerprint density at radius 3 is 2.89 bits per heavy atom. The van der Waals surface area contributed by atoms with Crippen molar-refractivity contribution in [2.75, 3.05) is 7.11 Å². The van der Waals surface area contributed by atoms with Gasteiger partial charge in [-0.1, -0.05) is 6.07 Å². The second-order valence-electron chi connectivity index (χ2n) is 5.90. The van der Waals surface area contributed by atoms with E-state index in [4.69, 9.17) is 4.74 Å². The molecule has 0 amide bonds. The molecular formula is C19H17N7O. The molecule has 4 rings (SSSR count). The van der Waals surface area contributed by atoms with Gasteiger partial charge in [0.25, 0.3) is 0 Å². The summed E-state index contributed by atoms with van der Waals surface area (Å²) in [6.07, 6.45) is 4.92. The van der Waals surface area contributed by atoms with Crippen LogP contribution in [-0.2, 0) is 6.54 Å². The first-order chi connectivity index (χ1) is 13.2. The van der Waals surface area contributed by atoms with Gasteiger partial charge in [0.15, 0.2) is 11.5 Å². The number of rotatable bonds is 5. The van der Waals surface area contributed by atoms with E-state index < -0.39 is 0 Å². The maximum Gasteiger partial charge on any atom is 0.188 e. The van der Waals surface area contributed by atoms with Crippen molar-refractivity contribution in [3.63, 3.8) is 0 Å². The van der Waals surface area contributed by atoms with Crippen molar-refractivity contribution in [3.05, 3.63) is 66.4 Å². The van der Waals surface area contributed by atoms with Gasteiger partial charge in [0.1, 0.15) is 12.1 Å². The number of hydrogen-bond donors (Lipinski definition) is 0. The number of nitrogens with zero attached hydrogens (tertiary/aromatic N) is 7. The molecule has 134 valence electrons. The SMILES string of the molecule is COc1cccc(-n2ncc3c(N=NCc4ccnc(C)c4)ncnc32)c1. The summed E-state index contributed by atoms with van der Waals surface area (Å²) in [5.74, 6) is 1.23. The van der Waals surface area contributed by atoms with Crippen LogP contribution in [0.5, 0.6) is 5.75 Å². The maximum atomic E-state index is 5.28. The third-order valence-electron chi connectivity index (χ3n) is 4.02. The van der Waals surface area contributed by atoms with Gasteiger partial charge in [-0.2, -0.15) is 10.2 Å². The van der Waals surface area contributed by atoms with E-state index >= 15 is 0 Å². The van der Waals surface area contributed by atoms with Crippen LogP contribution in [0.4, 0.5) is 5.82 Å². The number of fused-ring (bicyclic) bond motifs is 1. The van der Waals surface area contributed by atoms with Crippen molar-refractivity contribution in [1.82, 2.24) is 24.7 Å². The summed E-state index contributed by atoms with van der Waals surface area (Å²) in [6.45, 7) is 2.40. The number of aromatic nitrogens is 5. The lowest BCUT2D eigenvalue weighted by molar-refractivity contribution is 0.414. The topological polar surface area (TPSA) is 90.4 Å². The van der Waals surface area contributed by atoms with Crippen LogP contribution in [0.15, 0.2) is 65.3 Å². The average Bonchev–Trinajstić information content (AvgIpc) is 3.13. The highest BCUT2D eigenvalue weighted by Crippen LogP contribution is 2.25. The summed E-state index contributed by atoms with van der Waals surface area (Å²) in [6, 6.07) is 11.5. The minimum absolute atomic E-state index is 0.457. The molecule has 0 saturated heterocycles. The van der Waals surface area contributed by atoms with E-state index in [-0.39, 0.29) is 0 Å². The second kappa shape index (κ2) is 7.28. The number of ether oxygens (including phenoxy) is 1. The molecule has 0 unspecified atom stereocenters. The molecule has 8 nitrogen and oxygen atoms in total. The molecule has 0 N–H and O–H groups in total. The lowest BCUT2D eigenvalue weighted by Gasteiger charge is -2.05. The Morgan fingerprint density at radius 1 is 1.11 bits per heavy atom. The van der Waals surface area contributed by atoms with Gasteiger partial charge in [-0.05, 0) is 36.8 Å². The Morgan fingerprint density at radius 2 is 2.04 bits per heavy atom. The molecule has 3 heterocycles. The van der Waals surface area contributed by atoms with Gasteiger partial charge in [0.2, 0.25) is 0 Å². The summed E-state index contributed by atoms with van der Waals surface area (Å²) in [4.78, 5) is 12.8. The second-order valence-corrected chi connectivity index (χ2v) is 5.90. The third kappa shape index (κ3) is 3.50. The predicted octanol–water partition coefficient (Wildman–Crippen LogP) is 3.81. The highest BCUT2D eigenvalue weighted by Gasteiger charge is 2.11. The van der Waals surface area contributed by atoms with E-state index in [1.165, 1.54) is 6.33 Å². The van der Waals surface area contributed by atoms with Gasteiger partial charge in [-0.3, -0.25) is 4.98 Å². The van der Waals surface area contributed by atoms with Crippen LogP contribution in [0, 0.1) is 6.92 Å². The van der Waals surface area contributed by atoms with Crippen molar-refractivity contribution in [2.24, 2.45) is 10.2 Å². The first-order valence-corrected chi connectivity index (χ1v) is 8.37. The molecule has 4 aromatic rings.